The molecule has 1 heterocycles. The van der Waals surface area contributed by atoms with Crippen molar-refractivity contribution in [2.75, 3.05) is 5.32 Å². The molecule has 4 saturated carbocycles. The second kappa shape index (κ2) is 4.59. The molecular weight excluding hydrogens is 262 g/mol. The van der Waals surface area contributed by atoms with Gasteiger partial charge in [-0.15, -0.1) is 0 Å². The summed E-state index contributed by atoms with van der Waals surface area (Å²) in [6, 6.07) is 0. The number of hydrogen-bond donors (Lipinski definition) is 2. The first-order valence-electron chi connectivity index (χ1n) is 8.34. The van der Waals surface area contributed by atoms with Gasteiger partial charge in [0, 0.05) is 6.42 Å². The summed E-state index contributed by atoms with van der Waals surface area (Å²) >= 11 is 0. The summed E-state index contributed by atoms with van der Waals surface area (Å²) in [5.74, 6) is 2.90. The molecule has 0 aromatic carbocycles. The van der Waals surface area contributed by atoms with E-state index in [0.717, 1.165) is 34.8 Å². The molecular formula is C17H25N3O. The molecule has 0 spiro atoms. The lowest BCUT2D eigenvalue weighted by Gasteiger charge is -2.56. The summed E-state index contributed by atoms with van der Waals surface area (Å²) in [4.78, 5) is 12.5. The number of nitrogens with zero attached hydrogens (tertiary/aromatic N) is 1. The molecule has 0 atom stereocenters. The zero-order valence-corrected chi connectivity index (χ0v) is 13.0. The van der Waals surface area contributed by atoms with E-state index < -0.39 is 0 Å². The lowest BCUT2D eigenvalue weighted by molar-refractivity contribution is -0.124. The Morgan fingerprint density at radius 2 is 1.76 bits per heavy atom. The van der Waals surface area contributed by atoms with Crippen LogP contribution >= 0.6 is 0 Å². The van der Waals surface area contributed by atoms with Crippen LogP contribution in [0.1, 0.15) is 56.3 Å². The Morgan fingerprint density at radius 3 is 2.24 bits per heavy atom. The van der Waals surface area contributed by atoms with Gasteiger partial charge in [0.25, 0.3) is 0 Å². The largest absolute Gasteiger partial charge is 0.323 e. The van der Waals surface area contributed by atoms with E-state index in [4.69, 9.17) is 0 Å². The quantitative estimate of drug-likeness (QED) is 0.893. The molecule has 4 aliphatic carbocycles. The Labute approximate surface area is 126 Å². The van der Waals surface area contributed by atoms with Crippen LogP contribution < -0.4 is 5.32 Å². The number of carbonyl (C=O) groups is 1. The van der Waals surface area contributed by atoms with E-state index >= 15 is 0 Å². The number of anilines is 1. The standard InChI is InChI=1S/C17H25N3O/c1-10-16(11(2)20-19-10)18-15(21)9-17-6-12-3-13(7-17)5-14(4-12)8-17/h12-14H,3-9H2,1-2H3,(H,18,21)(H,19,20). The van der Waals surface area contributed by atoms with Gasteiger partial charge in [0.1, 0.15) is 0 Å². The molecule has 0 radical (unpaired) electrons. The average Bonchev–Trinajstić information content (AvgIpc) is 2.68. The second-order valence-corrected chi connectivity index (χ2v) is 7.95. The molecule has 4 fully saturated rings. The molecule has 2 N–H and O–H groups in total. The first-order valence-corrected chi connectivity index (χ1v) is 8.34. The van der Waals surface area contributed by atoms with Crippen LogP contribution in [0.3, 0.4) is 0 Å². The summed E-state index contributed by atoms with van der Waals surface area (Å²) < 4.78 is 0. The third-order valence-corrected chi connectivity index (χ3v) is 6.09. The minimum atomic E-state index is 0.185. The number of aryl methyl sites for hydroxylation is 2. The Balaban J connectivity index is 1.47. The molecule has 1 aromatic heterocycles. The summed E-state index contributed by atoms with van der Waals surface area (Å²) in [6.07, 6.45) is 8.87. The van der Waals surface area contributed by atoms with Gasteiger partial charge in [0.2, 0.25) is 5.91 Å². The monoisotopic (exact) mass is 287 g/mol. The summed E-state index contributed by atoms with van der Waals surface area (Å²) in [5.41, 5.74) is 3.02. The Kier molecular flexibility index (Phi) is 2.92. The highest BCUT2D eigenvalue weighted by atomic mass is 16.1. The van der Waals surface area contributed by atoms with Gasteiger partial charge in [-0.3, -0.25) is 9.89 Å². The third-order valence-electron chi connectivity index (χ3n) is 6.09. The Hall–Kier alpha value is -1.32. The first-order chi connectivity index (χ1) is 10.0. The molecule has 0 saturated heterocycles. The Morgan fingerprint density at radius 1 is 1.19 bits per heavy atom. The van der Waals surface area contributed by atoms with Gasteiger partial charge in [-0.1, -0.05) is 0 Å². The van der Waals surface area contributed by atoms with Crippen molar-refractivity contribution in [1.82, 2.24) is 10.2 Å². The lowest BCUT2D eigenvalue weighted by Crippen LogP contribution is -2.47. The number of nitrogens with one attached hydrogen (secondary N) is 2. The lowest BCUT2D eigenvalue weighted by atomic mass is 9.49. The molecule has 1 amide bonds. The van der Waals surface area contributed by atoms with Crippen molar-refractivity contribution in [2.24, 2.45) is 23.2 Å². The number of rotatable bonds is 3. The number of carbonyl (C=O) groups excluding carboxylic acids is 1. The normalized spacial score (nSPS) is 37.0. The molecule has 4 nitrogen and oxygen atoms in total. The van der Waals surface area contributed by atoms with Gasteiger partial charge in [0.05, 0.1) is 17.1 Å². The molecule has 21 heavy (non-hydrogen) atoms. The van der Waals surface area contributed by atoms with Crippen molar-refractivity contribution in [2.45, 2.75) is 58.8 Å². The van der Waals surface area contributed by atoms with Crippen LogP contribution in [0.25, 0.3) is 0 Å². The summed E-state index contributed by atoms with van der Waals surface area (Å²) in [5, 5.41) is 10.2. The van der Waals surface area contributed by atoms with Gasteiger partial charge in [-0.05, 0) is 75.5 Å². The number of hydrogen-bond acceptors (Lipinski definition) is 2. The molecule has 4 heteroatoms. The highest BCUT2D eigenvalue weighted by molar-refractivity contribution is 5.92. The molecule has 0 aliphatic heterocycles. The maximum Gasteiger partial charge on any atom is 0.225 e. The van der Waals surface area contributed by atoms with E-state index in [9.17, 15) is 4.79 Å². The van der Waals surface area contributed by atoms with Gasteiger partial charge in [0.15, 0.2) is 0 Å². The van der Waals surface area contributed by atoms with Crippen LogP contribution in [0.15, 0.2) is 0 Å². The maximum atomic E-state index is 12.5. The van der Waals surface area contributed by atoms with Crippen molar-refractivity contribution in [3.05, 3.63) is 11.4 Å². The van der Waals surface area contributed by atoms with Crippen molar-refractivity contribution in [3.63, 3.8) is 0 Å². The topological polar surface area (TPSA) is 57.8 Å². The minimum absolute atomic E-state index is 0.185. The van der Waals surface area contributed by atoms with Crippen LogP contribution in [0.5, 0.6) is 0 Å². The fourth-order valence-electron chi connectivity index (χ4n) is 5.77. The van der Waals surface area contributed by atoms with Gasteiger partial charge in [-0.25, -0.2) is 0 Å². The first kappa shape index (κ1) is 13.4. The van der Waals surface area contributed by atoms with Gasteiger partial charge in [-0.2, -0.15) is 5.10 Å². The van der Waals surface area contributed by atoms with Crippen LogP contribution in [-0.2, 0) is 4.79 Å². The molecule has 4 bridgehead atoms. The number of amides is 1. The fourth-order valence-corrected chi connectivity index (χ4v) is 5.77. The van der Waals surface area contributed by atoms with E-state index in [1.165, 1.54) is 38.5 Å². The molecule has 114 valence electrons. The van der Waals surface area contributed by atoms with E-state index in [0.29, 0.717) is 11.8 Å². The predicted molar refractivity (Wildman–Crippen MR) is 81.9 cm³/mol. The molecule has 5 rings (SSSR count). The zero-order valence-electron chi connectivity index (χ0n) is 13.0. The number of H-pyrrole nitrogens is 1. The third kappa shape index (κ3) is 2.29. The van der Waals surface area contributed by atoms with Gasteiger partial charge >= 0.3 is 0 Å². The number of aromatic nitrogens is 2. The van der Waals surface area contributed by atoms with Crippen molar-refractivity contribution >= 4 is 11.6 Å². The molecule has 0 unspecified atom stereocenters. The Bertz CT molecular complexity index is 520. The maximum absolute atomic E-state index is 12.5. The van der Waals surface area contributed by atoms with E-state index in [1.807, 2.05) is 13.8 Å². The van der Waals surface area contributed by atoms with Crippen LogP contribution in [-0.4, -0.2) is 16.1 Å². The van der Waals surface area contributed by atoms with Crippen LogP contribution in [0.4, 0.5) is 5.69 Å². The van der Waals surface area contributed by atoms with Crippen molar-refractivity contribution in [3.8, 4) is 0 Å². The van der Waals surface area contributed by atoms with E-state index in [-0.39, 0.29) is 5.91 Å². The highest BCUT2D eigenvalue weighted by Crippen LogP contribution is 2.61. The van der Waals surface area contributed by atoms with E-state index in [2.05, 4.69) is 15.5 Å². The van der Waals surface area contributed by atoms with Crippen LogP contribution in [0, 0.1) is 37.0 Å². The predicted octanol–water partition coefficient (Wildman–Crippen LogP) is 3.57. The smallest absolute Gasteiger partial charge is 0.225 e. The summed E-state index contributed by atoms with van der Waals surface area (Å²) in [7, 11) is 0. The van der Waals surface area contributed by atoms with Gasteiger partial charge < -0.3 is 5.32 Å². The average molecular weight is 287 g/mol. The van der Waals surface area contributed by atoms with Crippen molar-refractivity contribution in [1.29, 1.82) is 0 Å². The highest BCUT2D eigenvalue weighted by Gasteiger charge is 2.51. The number of aromatic amines is 1. The van der Waals surface area contributed by atoms with Crippen LogP contribution in [0.2, 0.25) is 0 Å². The zero-order chi connectivity index (χ0) is 14.6. The SMILES string of the molecule is Cc1n[nH]c(C)c1NC(=O)CC12CC3CC(CC(C3)C1)C2. The fraction of sp³-hybridized carbons (Fsp3) is 0.765. The van der Waals surface area contributed by atoms with E-state index in [1.54, 1.807) is 0 Å². The second-order valence-electron chi connectivity index (χ2n) is 7.95. The summed E-state index contributed by atoms with van der Waals surface area (Å²) in [6.45, 7) is 3.89. The molecule has 1 aromatic rings. The molecule has 4 aliphatic rings. The minimum Gasteiger partial charge on any atom is -0.323 e. The van der Waals surface area contributed by atoms with Crippen molar-refractivity contribution < 1.29 is 4.79 Å².